The Bertz CT molecular complexity index is 811. The summed E-state index contributed by atoms with van der Waals surface area (Å²) in [4.78, 5) is 0. The van der Waals surface area contributed by atoms with Crippen LogP contribution in [0.1, 0.15) is 74.8 Å². The minimum atomic E-state index is -0.466. The van der Waals surface area contributed by atoms with Gasteiger partial charge in [-0.25, -0.2) is 0 Å². The summed E-state index contributed by atoms with van der Waals surface area (Å²) in [6, 6.07) is 13.6. The third-order valence-corrected chi connectivity index (χ3v) is 5.42. The van der Waals surface area contributed by atoms with Gasteiger partial charge in [0.05, 0.1) is 24.9 Å². The Hall–Kier alpha value is -1.87. The fraction of sp³-hybridized carbons (Fsp3) is 0.481. The number of halogens is 1. The molecule has 32 heavy (non-hydrogen) atoms. The molecule has 176 valence electrons. The molecule has 0 aromatic heterocycles. The van der Waals surface area contributed by atoms with Crippen LogP contribution in [-0.2, 0) is 11.2 Å². The zero-order valence-corrected chi connectivity index (χ0v) is 20.2. The summed E-state index contributed by atoms with van der Waals surface area (Å²) < 4.78 is 5.89. The zero-order chi connectivity index (χ0) is 23.9. The number of hydrogen-bond acceptors (Lipinski definition) is 4. The Balaban J connectivity index is 0.000000646. The Morgan fingerprint density at radius 3 is 2.31 bits per heavy atom. The SMILES string of the molecule is C#Cc1ccc(Cc2cc([C@H]3C[C@@H](O)C[C@@H](CO)O3)ccc2Cl)cc1.CC.CCCCO. The van der Waals surface area contributed by atoms with E-state index in [0.717, 1.165) is 35.1 Å². The van der Waals surface area contributed by atoms with E-state index in [4.69, 9.17) is 27.9 Å². The lowest BCUT2D eigenvalue weighted by Crippen LogP contribution is -2.33. The van der Waals surface area contributed by atoms with E-state index in [2.05, 4.69) is 12.8 Å². The van der Waals surface area contributed by atoms with Gasteiger partial charge in [0.15, 0.2) is 0 Å². The van der Waals surface area contributed by atoms with Gasteiger partial charge in [0.25, 0.3) is 0 Å². The molecule has 0 saturated carbocycles. The number of benzene rings is 2. The minimum Gasteiger partial charge on any atom is -0.396 e. The van der Waals surface area contributed by atoms with Crippen LogP contribution in [0.4, 0.5) is 0 Å². The molecule has 0 radical (unpaired) electrons. The van der Waals surface area contributed by atoms with Crippen molar-refractivity contribution in [1.82, 2.24) is 0 Å². The highest BCUT2D eigenvalue weighted by Gasteiger charge is 2.29. The van der Waals surface area contributed by atoms with Crippen LogP contribution in [-0.4, -0.2) is 40.7 Å². The molecule has 1 fully saturated rings. The van der Waals surface area contributed by atoms with E-state index < -0.39 is 6.10 Å². The number of aliphatic hydroxyl groups excluding tert-OH is 3. The van der Waals surface area contributed by atoms with Gasteiger partial charge in [-0.05, 0) is 47.7 Å². The van der Waals surface area contributed by atoms with Crippen molar-refractivity contribution < 1.29 is 20.1 Å². The molecule has 3 atom stereocenters. The molecule has 2 aromatic carbocycles. The van der Waals surface area contributed by atoms with Crippen LogP contribution in [0, 0.1) is 12.3 Å². The molecule has 1 aliphatic heterocycles. The van der Waals surface area contributed by atoms with Gasteiger partial charge in [0, 0.05) is 30.0 Å². The van der Waals surface area contributed by atoms with Gasteiger partial charge in [-0.1, -0.05) is 69.0 Å². The highest BCUT2D eigenvalue weighted by atomic mass is 35.5. The van der Waals surface area contributed by atoms with Crippen molar-refractivity contribution in [2.24, 2.45) is 0 Å². The molecule has 0 spiro atoms. The monoisotopic (exact) mass is 460 g/mol. The molecule has 1 aliphatic rings. The smallest absolute Gasteiger partial charge is 0.0854 e. The normalized spacial score (nSPS) is 19.6. The topological polar surface area (TPSA) is 69.9 Å². The van der Waals surface area contributed by atoms with Crippen LogP contribution >= 0.6 is 11.6 Å². The highest BCUT2D eigenvalue weighted by Crippen LogP contribution is 2.33. The average Bonchev–Trinajstić information content (AvgIpc) is 2.82. The van der Waals surface area contributed by atoms with Crippen LogP contribution in [0.3, 0.4) is 0 Å². The van der Waals surface area contributed by atoms with Crippen molar-refractivity contribution in [2.45, 2.75) is 71.2 Å². The maximum atomic E-state index is 10.0. The second-order valence-electron chi connectivity index (χ2n) is 7.50. The predicted octanol–water partition coefficient (Wildman–Crippen LogP) is 5.29. The van der Waals surface area contributed by atoms with Crippen molar-refractivity contribution in [3.63, 3.8) is 0 Å². The third kappa shape index (κ3) is 9.32. The van der Waals surface area contributed by atoms with E-state index in [1.54, 1.807) is 0 Å². The quantitative estimate of drug-likeness (QED) is 0.512. The van der Waals surface area contributed by atoms with Gasteiger partial charge >= 0.3 is 0 Å². The molecule has 3 rings (SSSR count). The van der Waals surface area contributed by atoms with Gasteiger partial charge < -0.3 is 20.1 Å². The van der Waals surface area contributed by atoms with Gasteiger partial charge in [-0.15, -0.1) is 6.42 Å². The van der Waals surface area contributed by atoms with Crippen LogP contribution < -0.4 is 0 Å². The molecule has 2 aromatic rings. The predicted molar refractivity (Wildman–Crippen MR) is 132 cm³/mol. The van der Waals surface area contributed by atoms with E-state index in [9.17, 15) is 10.2 Å². The zero-order valence-electron chi connectivity index (χ0n) is 19.4. The van der Waals surface area contributed by atoms with E-state index in [0.29, 0.717) is 30.9 Å². The van der Waals surface area contributed by atoms with Crippen LogP contribution in [0.25, 0.3) is 0 Å². The van der Waals surface area contributed by atoms with Crippen molar-refractivity contribution in [3.05, 3.63) is 69.7 Å². The molecule has 0 unspecified atom stereocenters. The molecule has 0 bridgehead atoms. The lowest BCUT2D eigenvalue weighted by atomic mass is 9.94. The summed E-state index contributed by atoms with van der Waals surface area (Å²) in [5.41, 5.74) is 3.94. The Morgan fingerprint density at radius 1 is 1.09 bits per heavy atom. The third-order valence-electron chi connectivity index (χ3n) is 5.05. The second-order valence-corrected chi connectivity index (χ2v) is 7.91. The number of rotatable bonds is 6. The number of ether oxygens (including phenoxy) is 1. The largest absolute Gasteiger partial charge is 0.396 e. The summed E-state index contributed by atoms with van der Waals surface area (Å²) in [6.07, 6.45) is 8.08. The van der Waals surface area contributed by atoms with Crippen LogP contribution in [0.5, 0.6) is 0 Å². The first-order chi connectivity index (χ1) is 15.5. The minimum absolute atomic E-state index is 0.0878. The van der Waals surface area contributed by atoms with Crippen molar-refractivity contribution in [2.75, 3.05) is 13.2 Å². The van der Waals surface area contributed by atoms with Gasteiger partial charge in [-0.2, -0.15) is 0 Å². The summed E-state index contributed by atoms with van der Waals surface area (Å²) in [6.45, 7) is 6.31. The number of aliphatic hydroxyl groups is 3. The number of terminal acetylenes is 1. The molecule has 0 amide bonds. The van der Waals surface area contributed by atoms with Gasteiger partial charge in [-0.3, -0.25) is 0 Å². The molecule has 5 heteroatoms. The number of hydrogen-bond donors (Lipinski definition) is 3. The second kappa shape index (κ2) is 15.9. The molecule has 0 aliphatic carbocycles. The Morgan fingerprint density at radius 2 is 1.78 bits per heavy atom. The maximum absolute atomic E-state index is 10.0. The first kappa shape index (κ1) is 28.2. The molecular weight excluding hydrogens is 424 g/mol. The fourth-order valence-electron chi connectivity index (χ4n) is 3.35. The summed E-state index contributed by atoms with van der Waals surface area (Å²) in [5.74, 6) is 2.61. The molecule has 3 N–H and O–H groups in total. The molecule has 1 heterocycles. The number of unbranched alkanes of at least 4 members (excludes halogenated alkanes) is 1. The van der Waals surface area contributed by atoms with Crippen molar-refractivity contribution in [3.8, 4) is 12.3 Å². The van der Waals surface area contributed by atoms with Gasteiger partial charge in [0.2, 0.25) is 0 Å². The van der Waals surface area contributed by atoms with Crippen molar-refractivity contribution in [1.29, 1.82) is 0 Å². The van der Waals surface area contributed by atoms with Crippen molar-refractivity contribution >= 4 is 11.6 Å². The summed E-state index contributed by atoms with van der Waals surface area (Å²) in [5, 5.41) is 28.1. The Labute approximate surface area is 198 Å². The Kier molecular flexibility index (Phi) is 14.0. The van der Waals surface area contributed by atoms with E-state index in [-0.39, 0.29) is 18.8 Å². The van der Waals surface area contributed by atoms with E-state index >= 15 is 0 Å². The maximum Gasteiger partial charge on any atom is 0.0854 e. The van der Waals surface area contributed by atoms with E-state index in [1.165, 1.54) is 0 Å². The molecule has 4 nitrogen and oxygen atoms in total. The first-order valence-electron chi connectivity index (χ1n) is 11.4. The fourth-order valence-corrected chi connectivity index (χ4v) is 3.53. The molecular formula is C27H37ClO4. The first-order valence-corrected chi connectivity index (χ1v) is 11.8. The van der Waals surface area contributed by atoms with E-state index in [1.807, 2.05) is 56.3 Å². The van der Waals surface area contributed by atoms with Gasteiger partial charge in [0.1, 0.15) is 0 Å². The lowest BCUT2D eigenvalue weighted by Gasteiger charge is -2.32. The highest BCUT2D eigenvalue weighted by molar-refractivity contribution is 6.31. The van der Waals surface area contributed by atoms with Crippen LogP contribution in [0.2, 0.25) is 5.02 Å². The average molecular weight is 461 g/mol. The lowest BCUT2D eigenvalue weighted by molar-refractivity contribution is -0.113. The summed E-state index contributed by atoms with van der Waals surface area (Å²) in [7, 11) is 0. The molecule has 1 saturated heterocycles. The van der Waals surface area contributed by atoms with Crippen LogP contribution in [0.15, 0.2) is 42.5 Å². The standard InChI is InChI=1S/C21H21ClO3.C4H10O.C2H6/c1-2-14-3-5-15(6-4-14)9-17-10-16(7-8-20(17)22)21-12-18(24)11-19(13-23)25-21;1-2-3-4-5;1-2/h1,3-8,10,18-19,21,23-24H,9,11-13H2;5H,2-4H2,1H3;1-2H3/t18-,19-,21+;;/m0../s1. The summed E-state index contributed by atoms with van der Waals surface area (Å²) >= 11 is 6.37.